The molecule has 2 aliphatic heterocycles. The summed E-state index contributed by atoms with van der Waals surface area (Å²) in [6.07, 6.45) is 14.5. The average Bonchev–Trinajstić information content (AvgIpc) is 3.21. The normalized spacial score (nSPS) is 26.8. The van der Waals surface area contributed by atoms with Crippen molar-refractivity contribution in [3.05, 3.63) is 48.6 Å². The summed E-state index contributed by atoms with van der Waals surface area (Å²) in [7, 11) is 0. The van der Waals surface area contributed by atoms with Crippen molar-refractivity contribution in [2.24, 2.45) is 0 Å². The van der Waals surface area contributed by atoms with Crippen molar-refractivity contribution in [2.75, 3.05) is 29.2 Å². The minimum atomic E-state index is -0.630. The van der Waals surface area contributed by atoms with Crippen LogP contribution in [0.25, 0.3) is 0 Å². The molecule has 0 aliphatic carbocycles. The molecule has 2 fully saturated rings. The van der Waals surface area contributed by atoms with Crippen LogP contribution in [0.4, 0.5) is 0 Å². The molecule has 0 amide bonds. The summed E-state index contributed by atoms with van der Waals surface area (Å²) in [6, 6.07) is 0. The third kappa shape index (κ3) is 18.6. The van der Waals surface area contributed by atoms with E-state index in [1.54, 1.807) is 24.3 Å². The molecule has 0 bridgehead atoms. The van der Waals surface area contributed by atoms with Gasteiger partial charge in [0.2, 0.25) is 0 Å². The van der Waals surface area contributed by atoms with Gasteiger partial charge in [0.15, 0.2) is 11.6 Å². The number of aliphatic hydroxyl groups is 2. The first-order valence-corrected chi connectivity index (χ1v) is 13.7. The highest BCUT2D eigenvalue weighted by atomic mass is 79.9. The van der Waals surface area contributed by atoms with Crippen LogP contribution in [0, 0.1) is 0 Å². The quantitative estimate of drug-likeness (QED) is 0.182. The van der Waals surface area contributed by atoms with Gasteiger partial charge in [0, 0.05) is 10.7 Å². The molecule has 208 valence electrons. The predicted octanol–water partition coefficient (Wildman–Crippen LogP) is 6.13. The summed E-state index contributed by atoms with van der Waals surface area (Å²) in [5.74, 6) is -1.13. The lowest BCUT2D eigenvalue weighted by molar-refractivity contribution is -0.139. The fraction of sp³-hybridized carbons (Fsp3) is 0.667. The van der Waals surface area contributed by atoms with Crippen LogP contribution in [-0.2, 0) is 18.9 Å². The van der Waals surface area contributed by atoms with Gasteiger partial charge in [0.25, 0.3) is 0 Å². The van der Waals surface area contributed by atoms with Gasteiger partial charge in [-0.25, -0.2) is 0 Å². The molecule has 0 spiro atoms. The Bertz CT molecular complexity index is 533. The first-order chi connectivity index (χ1) is 15.6. The van der Waals surface area contributed by atoms with Crippen molar-refractivity contribution in [3.63, 3.8) is 0 Å². The van der Waals surface area contributed by atoms with E-state index in [0.717, 1.165) is 10.7 Å². The zero-order valence-corrected chi connectivity index (χ0v) is 26.3. The molecule has 0 aromatic rings. The first-order valence-electron chi connectivity index (χ1n) is 10.4. The summed E-state index contributed by atoms with van der Waals surface area (Å²) in [6.45, 7) is 7.50. The highest BCUT2D eigenvalue weighted by Gasteiger charge is 2.39. The van der Waals surface area contributed by atoms with Crippen LogP contribution in [0.3, 0.4) is 0 Å². The molecule has 0 aromatic heterocycles. The molecule has 0 radical (unpaired) electrons. The number of alkyl halides is 4. The monoisotopic (exact) mass is 686 g/mol. The number of allylic oxidation sites excluding steroid dienone is 2. The molecule has 2 aliphatic rings. The number of ether oxygens (including phenoxy) is 4. The smallest absolute Gasteiger partial charge is 0.164 e. The number of aliphatic hydroxyl groups excluding tert-OH is 2. The molecule has 0 aromatic carbocycles. The lowest BCUT2D eigenvalue weighted by Crippen LogP contribution is -2.20. The summed E-state index contributed by atoms with van der Waals surface area (Å²) < 4.78 is 22.7. The zero-order chi connectivity index (χ0) is 25.3. The van der Waals surface area contributed by atoms with Gasteiger partial charge in [-0.15, -0.1) is 23.2 Å². The Morgan fingerprint density at radius 2 is 0.886 bits per heavy atom. The van der Waals surface area contributed by atoms with Crippen LogP contribution in [0.1, 0.15) is 35.1 Å². The van der Waals surface area contributed by atoms with Gasteiger partial charge in [-0.1, -0.05) is 87.9 Å². The Hall–Kier alpha value is 0.690. The maximum Gasteiger partial charge on any atom is 0.164 e. The van der Waals surface area contributed by atoms with Crippen LogP contribution in [0.5, 0.6) is 0 Å². The Labute approximate surface area is 242 Å². The standard InChI is InChI=1S/C11H16Br2O2.C11H18O4.CH2Cl2.CH4.H3P/c2*1-11(2)14-9(5-3-7-12)10(15-11)6-4-8-13;2-1-3;;/h3-6,9-10H,7-8H2,1-2H3;3-6,9-10,12-13H,7-8H2,1-2H3;1H2;1H4;1H3/b2*5-3+,6-4+;;;/t2*9-,10-;;;/m11.../s1. The molecular formula is C24H43Br2Cl2O6P. The maximum absolute atomic E-state index is 8.68. The van der Waals surface area contributed by atoms with E-state index in [9.17, 15) is 0 Å². The van der Waals surface area contributed by atoms with Crippen LogP contribution in [0.15, 0.2) is 48.6 Å². The van der Waals surface area contributed by atoms with Crippen molar-refractivity contribution >= 4 is 65.0 Å². The van der Waals surface area contributed by atoms with E-state index in [0.29, 0.717) is 0 Å². The second kappa shape index (κ2) is 22.7. The second-order valence-electron chi connectivity index (χ2n) is 7.62. The minimum absolute atomic E-state index is 0. The lowest BCUT2D eigenvalue weighted by atomic mass is 10.2. The molecule has 1 unspecified atom stereocenters. The van der Waals surface area contributed by atoms with E-state index < -0.39 is 11.6 Å². The molecule has 6 nitrogen and oxygen atoms in total. The Balaban J connectivity index is -0.000000500. The molecular weight excluding hydrogens is 646 g/mol. The van der Waals surface area contributed by atoms with Crippen LogP contribution < -0.4 is 0 Å². The number of rotatable bonds is 8. The molecule has 35 heavy (non-hydrogen) atoms. The largest absolute Gasteiger partial charge is 0.392 e. The second-order valence-corrected chi connectivity index (χ2v) is 9.72. The van der Waals surface area contributed by atoms with E-state index in [1.165, 1.54) is 0 Å². The molecule has 2 saturated heterocycles. The van der Waals surface area contributed by atoms with Gasteiger partial charge >= 0.3 is 0 Å². The first kappa shape index (κ1) is 40.2. The molecule has 2 rings (SSSR count). The Morgan fingerprint density at radius 3 is 1.09 bits per heavy atom. The van der Waals surface area contributed by atoms with Crippen molar-refractivity contribution in [3.8, 4) is 0 Å². The summed E-state index contributed by atoms with van der Waals surface area (Å²) >= 11 is 16.2. The van der Waals surface area contributed by atoms with Gasteiger partial charge in [-0.3, -0.25) is 0 Å². The molecule has 5 atom stereocenters. The zero-order valence-electron chi connectivity index (χ0n) is 20.2. The number of halogens is 4. The Morgan fingerprint density at radius 1 is 0.657 bits per heavy atom. The summed E-state index contributed by atoms with van der Waals surface area (Å²) in [5, 5.41) is 19.2. The van der Waals surface area contributed by atoms with E-state index in [-0.39, 0.29) is 60.3 Å². The Kier molecular flexibility index (Phi) is 26.0. The minimum Gasteiger partial charge on any atom is -0.392 e. The third-order valence-electron chi connectivity index (χ3n) is 4.02. The van der Waals surface area contributed by atoms with Crippen molar-refractivity contribution in [1.82, 2.24) is 0 Å². The van der Waals surface area contributed by atoms with Gasteiger partial charge in [0.1, 0.15) is 24.4 Å². The van der Waals surface area contributed by atoms with Gasteiger partial charge < -0.3 is 29.2 Å². The van der Waals surface area contributed by atoms with Crippen LogP contribution in [-0.4, -0.2) is 75.4 Å². The summed E-state index contributed by atoms with van der Waals surface area (Å²) in [5.41, 5.74) is 0. The van der Waals surface area contributed by atoms with Gasteiger partial charge in [-0.05, 0) is 27.7 Å². The number of hydrogen-bond acceptors (Lipinski definition) is 6. The van der Waals surface area contributed by atoms with Crippen LogP contribution >= 0.6 is 65.0 Å². The van der Waals surface area contributed by atoms with E-state index in [2.05, 4.69) is 31.9 Å². The van der Waals surface area contributed by atoms with E-state index in [4.69, 9.17) is 52.4 Å². The van der Waals surface area contributed by atoms with Gasteiger partial charge in [-0.2, -0.15) is 9.90 Å². The van der Waals surface area contributed by atoms with E-state index in [1.807, 2.05) is 52.0 Å². The van der Waals surface area contributed by atoms with E-state index >= 15 is 0 Å². The fourth-order valence-electron chi connectivity index (χ4n) is 2.99. The molecule has 2 N–H and O–H groups in total. The van der Waals surface area contributed by atoms with Crippen molar-refractivity contribution in [2.45, 2.75) is 71.1 Å². The average molecular weight is 689 g/mol. The maximum atomic E-state index is 8.68. The van der Waals surface area contributed by atoms with Gasteiger partial charge in [0.05, 0.1) is 18.6 Å². The highest BCUT2D eigenvalue weighted by Crippen LogP contribution is 2.30. The topological polar surface area (TPSA) is 77.4 Å². The molecule has 11 heteroatoms. The SMILES string of the molecule is C.CC1(C)O[C@H](/C=C/CBr)[C@@H](/C=C/CBr)O1.CC1(C)O[C@H](/C=C/CO)[C@@H](/C=C/CO)O1.ClCCl.P. The molecule has 2 heterocycles. The number of hydrogen-bond donors (Lipinski definition) is 2. The van der Waals surface area contributed by atoms with Crippen molar-refractivity contribution in [1.29, 1.82) is 0 Å². The third-order valence-corrected chi connectivity index (χ3v) is 4.77. The fourth-order valence-corrected chi connectivity index (χ4v) is 3.42. The summed E-state index contributed by atoms with van der Waals surface area (Å²) in [4.78, 5) is 0. The predicted molar refractivity (Wildman–Crippen MR) is 160 cm³/mol. The highest BCUT2D eigenvalue weighted by molar-refractivity contribution is 9.09. The molecule has 0 saturated carbocycles. The van der Waals surface area contributed by atoms with Crippen molar-refractivity contribution < 1.29 is 29.2 Å². The van der Waals surface area contributed by atoms with Crippen LogP contribution in [0.2, 0.25) is 0 Å². The lowest BCUT2D eigenvalue weighted by Gasteiger charge is -2.15.